The van der Waals surface area contributed by atoms with Crippen LogP contribution in [-0.2, 0) is 10.4 Å². The second-order valence-corrected chi connectivity index (χ2v) is 6.42. The van der Waals surface area contributed by atoms with Crippen LogP contribution < -0.4 is 5.32 Å². The molecule has 0 bridgehead atoms. The number of benzene rings is 2. The predicted octanol–water partition coefficient (Wildman–Crippen LogP) is 3.47. The van der Waals surface area contributed by atoms with E-state index in [4.69, 9.17) is 11.6 Å². The molecule has 0 aromatic heterocycles. The molecule has 1 unspecified atom stereocenters. The maximum Gasteiger partial charge on any atom is 0.220 e. The zero-order valence-corrected chi connectivity index (χ0v) is 14.5. The molecule has 0 saturated heterocycles. The summed E-state index contributed by atoms with van der Waals surface area (Å²) >= 11 is 5.82. The molecular formula is C19H19ClFNO3. The van der Waals surface area contributed by atoms with Crippen LogP contribution in [0.2, 0.25) is 5.02 Å². The van der Waals surface area contributed by atoms with Crippen molar-refractivity contribution >= 4 is 23.3 Å². The number of rotatable bonds is 7. The summed E-state index contributed by atoms with van der Waals surface area (Å²) in [4.78, 5) is 23.9. The quantitative estimate of drug-likeness (QED) is 0.740. The van der Waals surface area contributed by atoms with Crippen molar-refractivity contribution in [2.45, 2.75) is 25.4 Å². The number of Topliss-reactive ketones (excluding diaryl/α,β-unsaturated/α-hetero) is 1. The first kappa shape index (κ1) is 19.1. The molecule has 2 aromatic carbocycles. The van der Waals surface area contributed by atoms with Gasteiger partial charge < -0.3 is 10.4 Å². The first-order valence-electron chi connectivity index (χ1n) is 7.82. The van der Waals surface area contributed by atoms with Crippen LogP contribution in [0.4, 0.5) is 4.39 Å². The number of aliphatic hydroxyl groups is 1. The van der Waals surface area contributed by atoms with Crippen molar-refractivity contribution in [1.29, 1.82) is 0 Å². The number of nitrogens with one attached hydrogen (secondary N) is 1. The Bertz CT molecular complexity index is 742. The molecule has 132 valence electrons. The molecule has 4 nitrogen and oxygen atoms in total. The standard InChI is InChI=1S/C19H19ClFNO3/c1-19(25,14-4-6-15(20)7-5-14)12-22-18(24)11-10-17(23)13-2-8-16(21)9-3-13/h2-9,25H,10-12H2,1H3,(H,22,24). The largest absolute Gasteiger partial charge is 0.384 e. The number of ketones is 1. The summed E-state index contributed by atoms with van der Waals surface area (Å²) in [7, 11) is 0. The maximum absolute atomic E-state index is 12.8. The lowest BCUT2D eigenvalue weighted by atomic mass is 9.96. The Kier molecular flexibility index (Phi) is 6.28. The smallest absolute Gasteiger partial charge is 0.220 e. The molecule has 0 spiro atoms. The van der Waals surface area contributed by atoms with E-state index in [0.29, 0.717) is 16.1 Å². The van der Waals surface area contributed by atoms with Gasteiger partial charge in [-0.25, -0.2) is 4.39 Å². The number of amides is 1. The molecule has 0 aliphatic rings. The highest BCUT2D eigenvalue weighted by Crippen LogP contribution is 2.21. The van der Waals surface area contributed by atoms with Gasteiger partial charge in [-0.15, -0.1) is 0 Å². The van der Waals surface area contributed by atoms with Gasteiger partial charge in [-0.2, -0.15) is 0 Å². The van der Waals surface area contributed by atoms with E-state index in [-0.39, 0.29) is 31.1 Å². The molecule has 2 N–H and O–H groups in total. The molecule has 25 heavy (non-hydrogen) atoms. The third kappa shape index (κ3) is 5.66. The highest BCUT2D eigenvalue weighted by Gasteiger charge is 2.23. The van der Waals surface area contributed by atoms with Gasteiger partial charge in [-0.3, -0.25) is 9.59 Å². The van der Waals surface area contributed by atoms with E-state index in [2.05, 4.69) is 5.32 Å². The number of carbonyl (C=O) groups is 2. The number of hydrogen-bond donors (Lipinski definition) is 2. The van der Waals surface area contributed by atoms with Crippen LogP contribution in [0.25, 0.3) is 0 Å². The Morgan fingerprint density at radius 1 is 1.08 bits per heavy atom. The van der Waals surface area contributed by atoms with E-state index < -0.39 is 11.4 Å². The number of halogens is 2. The van der Waals surface area contributed by atoms with Crippen molar-refractivity contribution in [3.63, 3.8) is 0 Å². The van der Waals surface area contributed by atoms with Crippen LogP contribution in [0, 0.1) is 5.82 Å². The van der Waals surface area contributed by atoms with Crippen molar-refractivity contribution < 1.29 is 19.1 Å². The van der Waals surface area contributed by atoms with Crippen LogP contribution in [0.1, 0.15) is 35.7 Å². The van der Waals surface area contributed by atoms with E-state index in [9.17, 15) is 19.1 Å². The summed E-state index contributed by atoms with van der Waals surface area (Å²) < 4.78 is 12.8. The molecule has 0 saturated carbocycles. The zero-order valence-electron chi connectivity index (χ0n) is 13.8. The Balaban J connectivity index is 1.82. The fourth-order valence-corrected chi connectivity index (χ4v) is 2.40. The van der Waals surface area contributed by atoms with Crippen LogP contribution in [0.15, 0.2) is 48.5 Å². The highest BCUT2D eigenvalue weighted by atomic mass is 35.5. The van der Waals surface area contributed by atoms with Gasteiger partial charge in [0.1, 0.15) is 11.4 Å². The topological polar surface area (TPSA) is 66.4 Å². The summed E-state index contributed by atoms with van der Waals surface area (Å²) in [5.74, 6) is -0.997. The first-order valence-corrected chi connectivity index (χ1v) is 8.19. The average Bonchev–Trinajstić information content (AvgIpc) is 2.59. The minimum absolute atomic E-state index is 0.00704. The summed E-state index contributed by atoms with van der Waals surface area (Å²) in [6.07, 6.45) is 0.00740. The molecular weight excluding hydrogens is 345 g/mol. The van der Waals surface area contributed by atoms with Gasteiger partial charge in [-0.05, 0) is 48.9 Å². The van der Waals surface area contributed by atoms with Crippen molar-refractivity contribution in [2.24, 2.45) is 0 Å². The molecule has 0 heterocycles. The SMILES string of the molecule is CC(O)(CNC(=O)CCC(=O)c1ccc(F)cc1)c1ccc(Cl)cc1. The molecule has 1 amide bonds. The van der Waals surface area contributed by atoms with E-state index in [0.717, 1.165) is 0 Å². The van der Waals surface area contributed by atoms with Gasteiger partial charge in [0.05, 0.1) is 6.54 Å². The maximum atomic E-state index is 12.8. The Hall–Kier alpha value is -2.24. The van der Waals surface area contributed by atoms with E-state index in [1.807, 2.05) is 0 Å². The predicted molar refractivity (Wildman–Crippen MR) is 94.0 cm³/mol. The van der Waals surface area contributed by atoms with Gasteiger partial charge in [0.2, 0.25) is 5.91 Å². The minimum atomic E-state index is -1.25. The summed E-state index contributed by atoms with van der Waals surface area (Å²) in [6, 6.07) is 11.9. The zero-order chi connectivity index (χ0) is 18.4. The monoisotopic (exact) mass is 363 g/mol. The molecule has 0 fully saturated rings. The minimum Gasteiger partial charge on any atom is -0.384 e. The molecule has 2 aromatic rings. The average molecular weight is 364 g/mol. The Labute approximate surface area is 150 Å². The van der Waals surface area contributed by atoms with Crippen LogP contribution in [-0.4, -0.2) is 23.3 Å². The lowest BCUT2D eigenvalue weighted by Crippen LogP contribution is -2.38. The molecule has 6 heteroatoms. The second-order valence-electron chi connectivity index (χ2n) is 5.99. The third-order valence-corrected chi connectivity index (χ3v) is 4.09. The second kappa shape index (κ2) is 8.23. The lowest BCUT2D eigenvalue weighted by Gasteiger charge is -2.24. The normalized spacial score (nSPS) is 13.1. The van der Waals surface area contributed by atoms with Crippen molar-refractivity contribution in [3.8, 4) is 0 Å². The first-order chi connectivity index (χ1) is 11.8. The van der Waals surface area contributed by atoms with Gasteiger partial charge in [0.15, 0.2) is 5.78 Å². The Morgan fingerprint density at radius 2 is 1.68 bits per heavy atom. The number of carbonyl (C=O) groups excluding carboxylic acids is 2. The molecule has 0 aliphatic carbocycles. The van der Waals surface area contributed by atoms with Gasteiger partial charge in [0, 0.05) is 23.4 Å². The van der Waals surface area contributed by atoms with Crippen LogP contribution >= 0.6 is 11.6 Å². The summed E-state index contributed by atoms with van der Waals surface area (Å²) in [5.41, 5.74) is -0.261. The van der Waals surface area contributed by atoms with E-state index in [1.54, 1.807) is 31.2 Å². The van der Waals surface area contributed by atoms with Crippen LogP contribution in [0.5, 0.6) is 0 Å². The Morgan fingerprint density at radius 3 is 2.28 bits per heavy atom. The van der Waals surface area contributed by atoms with Gasteiger partial charge >= 0.3 is 0 Å². The molecule has 1 atom stereocenters. The lowest BCUT2D eigenvalue weighted by molar-refractivity contribution is -0.122. The number of hydrogen-bond acceptors (Lipinski definition) is 3. The summed E-state index contributed by atoms with van der Waals surface area (Å²) in [6.45, 7) is 1.60. The van der Waals surface area contributed by atoms with Crippen molar-refractivity contribution in [1.82, 2.24) is 5.32 Å². The molecule has 2 rings (SSSR count). The highest BCUT2D eigenvalue weighted by molar-refractivity contribution is 6.30. The third-order valence-electron chi connectivity index (χ3n) is 3.84. The molecule has 0 radical (unpaired) electrons. The van der Waals surface area contributed by atoms with E-state index in [1.165, 1.54) is 24.3 Å². The van der Waals surface area contributed by atoms with Crippen LogP contribution in [0.3, 0.4) is 0 Å². The molecule has 0 aliphatic heterocycles. The van der Waals surface area contributed by atoms with E-state index >= 15 is 0 Å². The van der Waals surface area contributed by atoms with Gasteiger partial charge in [0.25, 0.3) is 0 Å². The fourth-order valence-electron chi connectivity index (χ4n) is 2.28. The van der Waals surface area contributed by atoms with Gasteiger partial charge in [-0.1, -0.05) is 23.7 Å². The summed E-state index contributed by atoms with van der Waals surface area (Å²) in [5, 5.41) is 13.6. The fraction of sp³-hybridized carbons (Fsp3) is 0.263. The van der Waals surface area contributed by atoms with Crippen molar-refractivity contribution in [3.05, 3.63) is 70.5 Å². The van der Waals surface area contributed by atoms with Crippen molar-refractivity contribution in [2.75, 3.05) is 6.54 Å².